The Hall–Kier alpha value is -3.88. The molecule has 2 heterocycles. The van der Waals surface area contributed by atoms with E-state index in [-0.39, 0.29) is 11.4 Å². The third kappa shape index (κ3) is 2.85. The van der Waals surface area contributed by atoms with Crippen LogP contribution in [0, 0.1) is 0 Å². The Kier molecular flexibility index (Phi) is 3.51. The molecule has 0 spiro atoms. The number of nitrogens with zero attached hydrogens (tertiary/aromatic N) is 4. The van der Waals surface area contributed by atoms with Crippen LogP contribution >= 0.6 is 0 Å². The van der Waals surface area contributed by atoms with E-state index < -0.39 is 0 Å². The Morgan fingerprint density at radius 2 is 1.08 bits per heavy atom. The molecule has 4 aromatic rings. The molecule has 0 atom stereocenters. The summed E-state index contributed by atoms with van der Waals surface area (Å²) in [6.07, 6.45) is 2.82. The van der Waals surface area contributed by atoms with Crippen molar-refractivity contribution in [2.45, 2.75) is 0 Å². The Balaban J connectivity index is 1.52. The highest BCUT2D eigenvalue weighted by atomic mass is 16.5. The van der Waals surface area contributed by atoms with Crippen molar-refractivity contribution < 1.29 is 4.74 Å². The van der Waals surface area contributed by atoms with Crippen LogP contribution in [0.25, 0.3) is 11.4 Å². The monoisotopic (exact) mass is 336 g/mol. The first kappa shape index (κ1) is 14.7. The molecule has 0 aliphatic heterocycles. The van der Waals surface area contributed by atoms with Crippen LogP contribution in [0.15, 0.2) is 70.8 Å². The van der Waals surface area contributed by atoms with Gasteiger partial charge in [-0.1, -0.05) is 0 Å². The van der Waals surface area contributed by atoms with Crippen LogP contribution in [0.4, 0.5) is 0 Å². The molecule has 9 nitrogen and oxygen atoms in total. The number of aromatic amines is 2. The minimum Gasteiger partial charge on any atom is -0.457 e. The number of nitrogens with one attached hydrogen (secondary N) is 2. The van der Waals surface area contributed by atoms with E-state index in [2.05, 4.69) is 20.4 Å². The predicted molar refractivity (Wildman–Crippen MR) is 88.4 cm³/mol. The van der Waals surface area contributed by atoms with Gasteiger partial charge in [0.1, 0.15) is 24.2 Å². The molecule has 25 heavy (non-hydrogen) atoms. The SMILES string of the molecule is O=c1[nH]ncn1-c1ccc(Oc2ccc(-n3cn[nH]c3=O)cc2)cc1. The van der Waals surface area contributed by atoms with Gasteiger partial charge in [-0.3, -0.25) is 0 Å². The number of hydrogen-bond donors (Lipinski definition) is 2. The first-order valence-electron chi connectivity index (χ1n) is 7.33. The summed E-state index contributed by atoms with van der Waals surface area (Å²) < 4.78 is 8.54. The highest BCUT2D eigenvalue weighted by Gasteiger charge is 2.04. The Morgan fingerprint density at radius 1 is 0.680 bits per heavy atom. The number of benzene rings is 2. The van der Waals surface area contributed by atoms with Gasteiger partial charge in [-0.25, -0.2) is 28.9 Å². The van der Waals surface area contributed by atoms with Crippen molar-refractivity contribution in [2.75, 3.05) is 0 Å². The second kappa shape index (κ2) is 5.96. The second-order valence-corrected chi connectivity index (χ2v) is 5.15. The molecule has 0 bridgehead atoms. The summed E-state index contributed by atoms with van der Waals surface area (Å²) in [7, 11) is 0. The fourth-order valence-corrected chi connectivity index (χ4v) is 2.35. The topological polar surface area (TPSA) is 111 Å². The van der Waals surface area contributed by atoms with Gasteiger partial charge >= 0.3 is 11.4 Å². The predicted octanol–water partition coefficient (Wildman–Crippen LogP) is 1.23. The molecule has 0 aliphatic carbocycles. The molecule has 0 unspecified atom stereocenters. The smallest absolute Gasteiger partial charge is 0.347 e. The van der Waals surface area contributed by atoms with E-state index in [1.54, 1.807) is 48.5 Å². The van der Waals surface area contributed by atoms with Gasteiger partial charge in [0.05, 0.1) is 11.4 Å². The lowest BCUT2D eigenvalue weighted by Gasteiger charge is -2.08. The first-order chi connectivity index (χ1) is 12.2. The third-order valence-corrected chi connectivity index (χ3v) is 3.57. The molecule has 0 aliphatic rings. The summed E-state index contributed by atoms with van der Waals surface area (Å²) >= 11 is 0. The summed E-state index contributed by atoms with van der Waals surface area (Å²) in [6.45, 7) is 0. The second-order valence-electron chi connectivity index (χ2n) is 5.15. The van der Waals surface area contributed by atoms with Crippen LogP contribution < -0.4 is 16.1 Å². The van der Waals surface area contributed by atoms with E-state index >= 15 is 0 Å². The largest absolute Gasteiger partial charge is 0.457 e. The Labute approximate surface area is 140 Å². The lowest BCUT2D eigenvalue weighted by Crippen LogP contribution is -2.13. The van der Waals surface area contributed by atoms with E-state index in [4.69, 9.17) is 4.74 Å². The van der Waals surface area contributed by atoms with Crippen molar-refractivity contribution in [3.63, 3.8) is 0 Å². The maximum absolute atomic E-state index is 11.5. The molecule has 9 heteroatoms. The zero-order valence-electron chi connectivity index (χ0n) is 12.8. The molecule has 0 saturated carbocycles. The van der Waals surface area contributed by atoms with Crippen LogP contribution in [0.2, 0.25) is 0 Å². The highest BCUT2D eigenvalue weighted by Crippen LogP contribution is 2.23. The molecule has 0 fully saturated rings. The molecule has 0 radical (unpaired) electrons. The van der Waals surface area contributed by atoms with Gasteiger partial charge < -0.3 is 4.74 Å². The standard InChI is InChI=1S/C16H12N6O3/c23-15-19-17-9-21(15)11-1-5-13(6-2-11)25-14-7-3-12(4-8-14)22-10-18-20-16(22)24/h1-10H,(H,19,23)(H,20,24). The maximum Gasteiger partial charge on any atom is 0.347 e. The van der Waals surface area contributed by atoms with Crippen molar-refractivity contribution in [2.24, 2.45) is 0 Å². The van der Waals surface area contributed by atoms with Crippen molar-refractivity contribution >= 4 is 0 Å². The lowest BCUT2D eigenvalue weighted by molar-refractivity contribution is 0.482. The quantitative estimate of drug-likeness (QED) is 0.582. The summed E-state index contributed by atoms with van der Waals surface area (Å²) in [5, 5.41) is 12.0. The van der Waals surface area contributed by atoms with E-state index in [0.29, 0.717) is 22.9 Å². The van der Waals surface area contributed by atoms with Gasteiger partial charge in [0.15, 0.2) is 0 Å². The van der Waals surface area contributed by atoms with Gasteiger partial charge in [0.25, 0.3) is 0 Å². The first-order valence-corrected chi connectivity index (χ1v) is 7.33. The Bertz CT molecular complexity index is 1010. The van der Waals surface area contributed by atoms with E-state index in [1.807, 2.05) is 0 Å². The van der Waals surface area contributed by atoms with E-state index in [0.717, 1.165) is 0 Å². The van der Waals surface area contributed by atoms with Crippen LogP contribution in [0.1, 0.15) is 0 Å². The normalized spacial score (nSPS) is 10.7. The molecule has 124 valence electrons. The van der Waals surface area contributed by atoms with E-state index in [9.17, 15) is 9.59 Å². The van der Waals surface area contributed by atoms with Crippen molar-refractivity contribution in [3.05, 3.63) is 82.2 Å². The van der Waals surface area contributed by atoms with Crippen LogP contribution in [0.5, 0.6) is 11.5 Å². The Morgan fingerprint density at radius 3 is 1.40 bits per heavy atom. The zero-order chi connectivity index (χ0) is 17.2. The van der Waals surface area contributed by atoms with Gasteiger partial charge in [0, 0.05) is 0 Å². The number of rotatable bonds is 4. The van der Waals surface area contributed by atoms with Crippen LogP contribution in [0.3, 0.4) is 0 Å². The molecule has 0 saturated heterocycles. The number of hydrogen-bond acceptors (Lipinski definition) is 5. The molecular weight excluding hydrogens is 324 g/mol. The molecule has 2 N–H and O–H groups in total. The van der Waals surface area contributed by atoms with Gasteiger partial charge in [-0.15, -0.1) is 0 Å². The van der Waals surface area contributed by atoms with Crippen molar-refractivity contribution in [3.8, 4) is 22.9 Å². The average molecular weight is 336 g/mol. The van der Waals surface area contributed by atoms with Crippen LogP contribution in [-0.4, -0.2) is 29.5 Å². The molecule has 0 amide bonds. The van der Waals surface area contributed by atoms with E-state index in [1.165, 1.54) is 21.8 Å². The summed E-state index contributed by atoms with van der Waals surface area (Å²) in [5.74, 6) is 1.24. The molecule has 2 aromatic carbocycles. The molecule has 2 aromatic heterocycles. The number of aromatic nitrogens is 6. The van der Waals surface area contributed by atoms with Crippen molar-refractivity contribution in [1.29, 1.82) is 0 Å². The molecule has 4 rings (SSSR count). The van der Waals surface area contributed by atoms with Crippen molar-refractivity contribution in [1.82, 2.24) is 29.5 Å². The number of H-pyrrole nitrogens is 2. The fraction of sp³-hybridized carbons (Fsp3) is 0. The number of ether oxygens (including phenoxy) is 1. The summed E-state index contributed by atoms with van der Waals surface area (Å²) in [6, 6.07) is 14.0. The summed E-state index contributed by atoms with van der Waals surface area (Å²) in [5.41, 5.74) is 0.749. The minimum atomic E-state index is -0.307. The van der Waals surface area contributed by atoms with Crippen LogP contribution in [-0.2, 0) is 0 Å². The lowest BCUT2D eigenvalue weighted by atomic mass is 10.3. The van der Waals surface area contributed by atoms with Gasteiger partial charge in [-0.05, 0) is 48.5 Å². The highest BCUT2D eigenvalue weighted by molar-refractivity contribution is 5.41. The minimum absolute atomic E-state index is 0.307. The molecular formula is C16H12N6O3. The zero-order valence-corrected chi connectivity index (χ0v) is 12.8. The average Bonchev–Trinajstić information content (AvgIpc) is 3.25. The third-order valence-electron chi connectivity index (χ3n) is 3.57. The van der Waals surface area contributed by atoms with Gasteiger partial charge in [-0.2, -0.15) is 10.2 Å². The maximum atomic E-state index is 11.5. The van der Waals surface area contributed by atoms with Gasteiger partial charge in [0.2, 0.25) is 0 Å². The fourth-order valence-electron chi connectivity index (χ4n) is 2.35. The summed E-state index contributed by atoms with van der Waals surface area (Å²) in [4.78, 5) is 23.1.